The fourth-order valence-corrected chi connectivity index (χ4v) is 4.09. The average molecular weight is 297 g/mol. The molecule has 2 heteroatoms. The van der Waals surface area contributed by atoms with Crippen molar-refractivity contribution in [2.24, 2.45) is 5.92 Å². The van der Waals surface area contributed by atoms with Crippen LogP contribution in [0.4, 0.5) is 0 Å². The molecule has 2 atom stereocenters. The summed E-state index contributed by atoms with van der Waals surface area (Å²) in [7, 11) is 0. The summed E-state index contributed by atoms with van der Waals surface area (Å²) in [6.45, 7) is 7.13. The van der Waals surface area contributed by atoms with Crippen molar-refractivity contribution >= 4 is 5.78 Å². The molecule has 0 spiro atoms. The minimum atomic E-state index is 0.249. The zero-order valence-corrected chi connectivity index (χ0v) is 14.0. The number of carbonyl (C=O) groups is 1. The van der Waals surface area contributed by atoms with Crippen LogP contribution in [0.5, 0.6) is 0 Å². The van der Waals surface area contributed by atoms with E-state index in [0.717, 1.165) is 25.0 Å². The molecule has 1 aromatic carbocycles. The van der Waals surface area contributed by atoms with E-state index in [4.69, 9.17) is 0 Å². The van der Waals surface area contributed by atoms with Gasteiger partial charge in [-0.05, 0) is 57.6 Å². The lowest BCUT2D eigenvalue weighted by atomic mass is 9.84. The van der Waals surface area contributed by atoms with E-state index in [1.54, 1.807) is 0 Å². The lowest BCUT2D eigenvalue weighted by Crippen LogP contribution is -2.44. The molecule has 0 amide bonds. The molecule has 0 aliphatic carbocycles. The van der Waals surface area contributed by atoms with Gasteiger partial charge in [0.05, 0.1) is 0 Å². The molecule has 1 aromatic rings. The van der Waals surface area contributed by atoms with Crippen molar-refractivity contribution in [1.29, 1.82) is 0 Å². The van der Waals surface area contributed by atoms with Crippen molar-refractivity contribution < 1.29 is 4.79 Å². The van der Waals surface area contributed by atoms with E-state index in [-0.39, 0.29) is 5.92 Å². The van der Waals surface area contributed by atoms with Crippen molar-refractivity contribution in [3.05, 3.63) is 47.0 Å². The zero-order chi connectivity index (χ0) is 15.7. The zero-order valence-electron chi connectivity index (χ0n) is 14.0. The summed E-state index contributed by atoms with van der Waals surface area (Å²) in [4.78, 5) is 15.3. The second-order valence-corrected chi connectivity index (χ2v) is 7.20. The summed E-state index contributed by atoms with van der Waals surface area (Å²) in [6.07, 6.45) is 4.61. The second-order valence-electron chi connectivity index (χ2n) is 7.20. The third-order valence-electron chi connectivity index (χ3n) is 5.58. The third-order valence-corrected chi connectivity index (χ3v) is 5.58. The van der Waals surface area contributed by atoms with Gasteiger partial charge in [-0.3, -0.25) is 9.69 Å². The third kappa shape index (κ3) is 3.03. The molecule has 2 aliphatic heterocycles. The van der Waals surface area contributed by atoms with E-state index in [9.17, 15) is 4.79 Å². The molecule has 2 unspecified atom stereocenters. The second kappa shape index (κ2) is 6.37. The summed E-state index contributed by atoms with van der Waals surface area (Å²) in [6, 6.07) is 11.9. The smallest absolute Gasteiger partial charge is 0.161 e. The Morgan fingerprint density at radius 3 is 2.18 bits per heavy atom. The van der Waals surface area contributed by atoms with E-state index in [0.29, 0.717) is 17.9 Å². The van der Waals surface area contributed by atoms with Crippen LogP contribution in [0.25, 0.3) is 0 Å². The van der Waals surface area contributed by atoms with Crippen LogP contribution in [0.1, 0.15) is 52.0 Å². The van der Waals surface area contributed by atoms with Crippen molar-refractivity contribution in [2.45, 2.75) is 65.1 Å². The lowest BCUT2D eigenvalue weighted by molar-refractivity contribution is -0.121. The van der Waals surface area contributed by atoms with E-state index < -0.39 is 0 Å². The van der Waals surface area contributed by atoms with Gasteiger partial charge < -0.3 is 0 Å². The highest BCUT2D eigenvalue weighted by Crippen LogP contribution is 2.40. The van der Waals surface area contributed by atoms with Gasteiger partial charge in [-0.15, -0.1) is 0 Å². The number of piperidine rings is 1. The van der Waals surface area contributed by atoms with Crippen LogP contribution in [0.2, 0.25) is 0 Å². The molecule has 2 aliphatic rings. The number of nitrogens with zero attached hydrogens (tertiary/aromatic N) is 1. The van der Waals surface area contributed by atoms with Gasteiger partial charge in [-0.25, -0.2) is 0 Å². The highest BCUT2D eigenvalue weighted by atomic mass is 16.1. The predicted octanol–water partition coefficient (Wildman–Crippen LogP) is 4.36. The van der Waals surface area contributed by atoms with Crippen molar-refractivity contribution in [1.82, 2.24) is 4.90 Å². The molecule has 0 aromatic heterocycles. The number of benzene rings is 1. The highest BCUT2D eigenvalue weighted by Gasteiger charge is 2.42. The number of fused-ring (bicyclic) bond motifs is 2. The minimum Gasteiger partial charge on any atom is -0.294 e. The number of carbonyl (C=O) groups excluding carboxylic acids is 1. The molecule has 0 saturated carbocycles. The number of hydrogen-bond donors (Lipinski definition) is 0. The van der Waals surface area contributed by atoms with Gasteiger partial charge >= 0.3 is 0 Å². The van der Waals surface area contributed by atoms with Crippen molar-refractivity contribution in [3.8, 4) is 0 Å². The predicted molar refractivity (Wildman–Crippen MR) is 90.6 cm³/mol. The number of Topliss-reactive ketones (excluding diaryl/α,β-unsaturated/α-hetero) is 1. The summed E-state index contributed by atoms with van der Waals surface area (Å²) < 4.78 is 0. The molecular weight excluding hydrogens is 270 g/mol. The Balaban J connectivity index is 1.69. The van der Waals surface area contributed by atoms with Gasteiger partial charge in [0.2, 0.25) is 0 Å². The van der Waals surface area contributed by atoms with E-state index in [2.05, 4.69) is 35.2 Å². The molecule has 2 bridgehead atoms. The molecule has 2 nitrogen and oxygen atoms in total. The highest BCUT2D eigenvalue weighted by molar-refractivity contribution is 5.97. The normalized spacial score (nSPS) is 27.7. The number of rotatable bonds is 4. The minimum absolute atomic E-state index is 0.249. The summed E-state index contributed by atoms with van der Waals surface area (Å²) in [5.74, 6) is 0.649. The van der Waals surface area contributed by atoms with Gasteiger partial charge in [0.15, 0.2) is 5.78 Å². The van der Waals surface area contributed by atoms with Gasteiger partial charge in [-0.2, -0.15) is 0 Å². The largest absolute Gasteiger partial charge is 0.294 e. The van der Waals surface area contributed by atoms with Crippen LogP contribution in [-0.4, -0.2) is 22.8 Å². The fraction of sp³-hybridized carbons (Fsp3) is 0.550. The Labute approximate surface area is 134 Å². The maximum Gasteiger partial charge on any atom is 0.161 e. The molecule has 22 heavy (non-hydrogen) atoms. The number of ketones is 1. The molecule has 2 heterocycles. The van der Waals surface area contributed by atoms with Crippen molar-refractivity contribution in [2.75, 3.05) is 0 Å². The Kier molecular flexibility index (Phi) is 4.49. The Hall–Kier alpha value is -1.41. The van der Waals surface area contributed by atoms with Crippen LogP contribution < -0.4 is 0 Å². The van der Waals surface area contributed by atoms with Gasteiger partial charge in [0.25, 0.3) is 0 Å². The first-order chi connectivity index (χ1) is 10.6. The Morgan fingerprint density at radius 1 is 1.05 bits per heavy atom. The van der Waals surface area contributed by atoms with Crippen LogP contribution in [0, 0.1) is 5.92 Å². The molecule has 3 rings (SSSR count). The van der Waals surface area contributed by atoms with Crippen LogP contribution in [0.3, 0.4) is 0 Å². The molecule has 0 N–H and O–H groups in total. The quantitative estimate of drug-likeness (QED) is 0.770. The van der Waals surface area contributed by atoms with E-state index in [1.807, 2.05) is 20.8 Å². The van der Waals surface area contributed by atoms with Crippen molar-refractivity contribution in [3.63, 3.8) is 0 Å². The van der Waals surface area contributed by atoms with Gasteiger partial charge in [0, 0.05) is 24.5 Å². The number of hydrogen-bond acceptors (Lipinski definition) is 2. The topological polar surface area (TPSA) is 20.3 Å². The van der Waals surface area contributed by atoms with E-state index in [1.165, 1.54) is 24.0 Å². The molecule has 0 radical (unpaired) electrons. The monoisotopic (exact) mass is 297 g/mol. The van der Waals surface area contributed by atoms with Crippen LogP contribution in [-0.2, 0) is 11.3 Å². The summed E-state index contributed by atoms with van der Waals surface area (Å²) in [5, 5.41) is 0. The van der Waals surface area contributed by atoms with E-state index >= 15 is 0 Å². The first kappa shape index (κ1) is 15.5. The molecule has 118 valence electrons. The Morgan fingerprint density at radius 2 is 1.64 bits per heavy atom. The average Bonchev–Trinajstić information content (AvgIpc) is 2.75. The van der Waals surface area contributed by atoms with Crippen LogP contribution >= 0.6 is 0 Å². The maximum absolute atomic E-state index is 12.6. The van der Waals surface area contributed by atoms with Gasteiger partial charge in [0.1, 0.15) is 0 Å². The first-order valence-corrected chi connectivity index (χ1v) is 8.54. The molecular formula is C20H27NO. The maximum atomic E-state index is 12.6. The standard InChI is InChI=1S/C20H27NO/c1-14(2)15(3)20(22)17-11-18-9-10-19(12-17)21(18)13-16-7-5-4-6-8-16/h4-8,17-19H,9-13H2,1-3H3. The summed E-state index contributed by atoms with van der Waals surface area (Å²) >= 11 is 0. The first-order valence-electron chi connectivity index (χ1n) is 8.54. The SMILES string of the molecule is CC(C)=C(C)C(=O)C1CC2CCC(C1)N2Cc1ccccc1. The van der Waals surface area contributed by atoms with Crippen LogP contribution in [0.15, 0.2) is 41.5 Å². The summed E-state index contributed by atoms with van der Waals surface area (Å²) in [5.41, 5.74) is 3.55. The number of allylic oxidation sites excluding steroid dienone is 2. The lowest BCUT2D eigenvalue weighted by Gasteiger charge is -2.38. The Bertz CT molecular complexity index is 557. The van der Waals surface area contributed by atoms with Gasteiger partial charge in [-0.1, -0.05) is 35.9 Å². The molecule has 2 saturated heterocycles. The molecule has 2 fully saturated rings. The fourth-order valence-electron chi connectivity index (χ4n) is 4.09.